The first-order chi connectivity index (χ1) is 17.4. The Morgan fingerprint density at radius 1 is 0.917 bits per heavy atom. The Hall–Kier alpha value is -4.90. The van der Waals surface area contributed by atoms with Crippen molar-refractivity contribution in [1.82, 2.24) is 0 Å². The van der Waals surface area contributed by atoms with Gasteiger partial charge in [-0.3, -0.25) is 4.90 Å². The molecule has 0 bridgehead atoms. The molecule has 1 heterocycles. The van der Waals surface area contributed by atoms with Crippen molar-refractivity contribution in [3.8, 4) is 17.2 Å². The summed E-state index contributed by atoms with van der Waals surface area (Å²) < 4.78 is 23.5. The van der Waals surface area contributed by atoms with Gasteiger partial charge in [-0.25, -0.2) is 14.0 Å². The third-order valence-electron chi connectivity index (χ3n) is 5.89. The molecule has 3 aromatic rings. The number of benzene rings is 3. The lowest BCUT2D eigenvalue weighted by molar-refractivity contribution is -0.139. The Morgan fingerprint density at radius 3 is 2.19 bits per heavy atom. The van der Waals surface area contributed by atoms with Crippen LogP contribution in [0, 0.1) is 17.1 Å². The van der Waals surface area contributed by atoms with Gasteiger partial charge in [0.05, 0.1) is 37.4 Å². The van der Waals surface area contributed by atoms with E-state index in [2.05, 4.69) is 6.07 Å². The zero-order valence-electron chi connectivity index (χ0n) is 19.6. The standard InChI is InChI=1S/C28H22FN3O4/c1-35-27(33)24-23(18-7-4-3-5-8-18)22(16-30)26(31)32(25(24)28(34)36-2)21-10-6-9-19(15-21)17-11-13-20(29)14-12-17/h3-15,23H,31H2,1-2H3. The van der Waals surface area contributed by atoms with Crippen molar-refractivity contribution in [3.05, 3.63) is 113 Å². The fraction of sp³-hybridized carbons (Fsp3) is 0.107. The third-order valence-corrected chi connectivity index (χ3v) is 5.89. The van der Waals surface area contributed by atoms with Crippen LogP contribution in [0.5, 0.6) is 0 Å². The zero-order valence-corrected chi connectivity index (χ0v) is 19.6. The molecule has 0 radical (unpaired) electrons. The zero-order chi connectivity index (χ0) is 25.8. The molecular weight excluding hydrogens is 461 g/mol. The number of rotatable bonds is 5. The minimum Gasteiger partial charge on any atom is -0.466 e. The first-order valence-corrected chi connectivity index (χ1v) is 10.9. The number of nitrogens with zero attached hydrogens (tertiary/aromatic N) is 2. The van der Waals surface area contributed by atoms with Crippen LogP contribution in [0.2, 0.25) is 0 Å². The van der Waals surface area contributed by atoms with Crippen LogP contribution in [0.15, 0.2) is 102 Å². The monoisotopic (exact) mass is 483 g/mol. The molecule has 2 N–H and O–H groups in total. The maximum Gasteiger partial charge on any atom is 0.355 e. The minimum absolute atomic E-state index is 0.0318. The van der Waals surface area contributed by atoms with E-state index in [0.29, 0.717) is 16.8 Å². The number of carbonyl (C=O) groups is 2. The van der Waals surface area contributed by atoms with Crippen molar-refractivity contribution >= 4 is 17.6 Å². The Labute approximate surface area is 207 Å². The van der Waals surface area contributed by atoms with Gasteiger partial charge in [0.2, 0.25) is 0 Å². The fourth-order valence-corrected chi connectivity index (χ4v) is 4.25. The highest BCUT2D eigenvalue weighted by Crippen LogP contribution is 2.43. The highest BCUT2D eigenvalue weighted by molar-refractivity contribution is 6.06. The molecule has 7 nitrogen and oxygen atoms in total. The Morgan fingerprint density at radius 2 is 1.58 bits per heavy atom. The van der Waals surface area contributed by atoms with Crippen LogP contribution in [-0.2, 0) is 19.1 Å². The first-order valence-electron chi connectivity index (χ1n) is 10.9. The molecule has 1 atom stereocenters. The molecule has 36 heavy (non-hydrogen) atoms. The number of methoxy groups -OCH3 is 2. The Bertz CT molecular complexity index is 1420. The van der Waals surface area contributed by atoms with E-state index in [-0.39, 0.29) is 28.5 Å². The number of nitrogens with two attached hydrogens (primary N) is 1. The first kappa shape index (κ1) is 24.2. The summed E-state index contributed by atoms with van der Waals surface area (Å²) in [7, 11) is 2.38. The van der Waals surface area contributed by atoms with Crippen LogP contribution in [0.3, 0.4) is 0 Å². The second kappa shape index (κ2) is 10.2. The summed E-state index contributed by atoms with van der Waals surface area (Å²) in [6, 6.07) is 23.7. The van der Waals surface area contributed by atoms with Gasteiger partial charge in [-0.2, -0.15) is 5.26 Å². The van der Waals surface area contributed by atoms with E-state index in [1.54, 1.807) is 66.7 Å². The molecule has 3 aromatic carbocycles. The highest BCUT2D eigenvalue weighted by atomic mass is 19.1. The maximum absolute atomic E-state index is 13.5. The molecule has 0 aliphatic carbocycles. The molecule has 0 amide bonds. The molecule has 0 spiro atoms. The predicted octanol–water partition coefficient (Wildman–Crippen LogP) is 4.39. The van der Waals surface area contributed by atoms with E-state index < -0.39 is 17.9 Å². The van der Waals surface area contributed by atoms with Crippen molar-refractivity contribution in [2.75, 3.05) is 19.1 Å². The summed E-state index contributed by atoms with van der Waals surface area (Å²) in [5.41, 5.74) is 8.76. The summed E-state index contributed by atoms with van der Waals surface area (Å²) in [6.07, 6.45) is 0. The van der Waals surface area contributed by atoms with Crippen molar-refractivity contribution in [2.24, 2.45) is 5.73 Å². The maximum atomic E-state index is 13.5. The van der Waals surface area contributed by atoms with Crippen LogP contribution in [-0.4, -0.2) is 26.2 Å². The summed E-state index contributed by atoms with van der Waals surface area (Å²) in [4.78, 5) is 27.6. The summed E-state index contributed by atoms with van der Waals surface area (Å²) in [6.45, 7) is 0. The second-order valence-electron chi connectivity index (χ2n) is 7.89. The van der Waals surface area contributed by atoms with Gasteiger partial charge in [0.15, 0.2) is 0 Å². The van der Waals surface area contributed by atoms with Gasteiger partial charge in [-0.1, -0.05) is 54.6 Å². The lowest BCUT2D eigenvalue weighted by Gasteiger charge is -2.36. The van der Waals surface area contributed by atoms with Crippen molar-refractivity contribution in [2.45, 2.75) is 5.92 Å². The number of carbonyl (C=O) groups excluding carboxylic acids is 2. The van der Waals surface area contributed by atoms with Gasteiger partial charge in [0.1, 0.15) is 17.3 Å². The van der Waals surface area contributed by atoms with E-state index in [9.17, 15) is 19.2 Å². The summed E-state index contributed by atoms with van der Waals surface area (Å²) in [5.74, 6) is -2.99. The van der Waals surface area contributed by atoms with Gasteiger partial charge in [0, 0.05) is 5.69 Å². The van der Waals surface area contributed by atoms with E-state index in [1.807, 2.05) is 0 Å². The molecular formula is C28H22FN3O4. The van der Waals surface area contributed by atoms with Crippen molar-refractivity contribution in [3.63, 3.8) is 0 Å². The average Bonchev–Trinajstić information content (AvgIpc) is 2.92. The number of ether oxygens (including phenoxy) is 2. The smallest absolute Gasteiger partial charge is 0.355 e. The topological polar surface area (TPSA) is 106 Å². The number of nitriles is 1. The van der Waals surface area contributed by atoms with Gasteiger partial charge in [0.25, 0.3) is 0 Å². The minimum atomic E-state index is -0.950. The lowest BCUT2D eigenvalue weighted by Crippen LogP contribution is -2.40. The molecule has 0 aromatic heterocycles. The summed E-state index contributed by atoms with van der Waals surface area (Å²) in [5, 5.41) is 10.1. The van der Waals surface area contributed by atoms with Gasteiger partial charge in [-0.05, 0) is 41.0 Å². The van der Waals surface area contributed by atoms with Crippen LogP contribution in [0.25, 0.3) is 11.1 Å². The molecule has 8 heteroatoms. The largest absolute Gasteiger partial charge is 0.466 e. The molecule has 0 saturated heterocycles. The van der Waals surface area contributed by atoms with Gasteiger partial charge >= 0.3 is 11.9 Å². The van der Waals surface area contributed by atoms with E-state index in [0.717, 1.165) is 5.56 Å². The number of allylic oxidation sites excluding steroid dienone is 1. The van der Waals surface area contributed by atoms with Crippen LogP contribution in [0.1, 0.15) is 11.5 Å². The molecule has 180 valence electrons. The van der Waals surface area contributed by atoms with Gasteiger partial charge in [-0.15, -0.1) is 0 Å². The number of hydrogen-bond acceptors (Lipinski definition) is 7. The Balaban J connectivity index is 2.00. The average molecular weight is 483 g/mol. The number of halogens is 1. The highest BCUT2D eigenvalue weighted by Gasteiger charge is 2.43. The van der Waals surface area contributed by atoms with E-state index in [1.165, 1.54) is 31.3 Å². The molecule has 4 rings (SSSR count). The molecule has 0 saturated carbocycles. The second-order valence-corrected chi connectivity index (χ2v) is 7.89. The molecule has 1 aliphatic heterocycles. The van der Waals surface area contributed by atoms with Crippen LogP contribution < -0.4 is 10.6 Å². The SMILES string of the molecule is COC(=O)C1=C(C(=O)OC)N(c2cccc(-c3ccc(F)cc3)c2)C(N)=C(C#N)C1c1ccccc1. The Kier molecular flexibility index (Phi) is 6.84. The van der Waals surface area contributed by atoms with Crippen LogP contribution in [0.4, 0.5) is 10.1 Å². The van der Waals surface area contributed by atoms with E-state index >= 15 is 0 Å². The number of esters is 2. The van der Waals surface area contributed by atoms with Gasteiger partial charge < -0.3 is 15.2 Å². The molecule has 1 aliphatic rings. The number of hydrogen-bond donors (Lipinski definition) is 1. The normalized spacial score (nSPS) is 15.4. The van der Waals surface area contributed by atoms with Crippen LogP contribution >= 0.6 is 0 Å². The number of anilines is 1. The lowest BCUT2D eigenvalue weighted by atomic mass is 9.81. The third kappa shape index (κ3) is 4.30. The summed E-state index contributed by atoms with van der Waals surface area (Å²) >= 11 is 0. The van der Waals surface area contributed by atoms with E-state index in [4.69, 9.17) is 15.2 Å². The predicted molar refractivity (Wildman–Crippen MR) is 131 cm³/mol. The fourth-order valence-electron chi connectivity index (χ4n) is 4.25. The molecule has 0 fully saturated rings. The van der Waals surface area contributed by atoms with Crippen molar-refractivity contribution < 1.29 is 23.5 Å². The van der Waals surface area contributed by atoms with Crippen molar-refractivity contribution in [1.29, 1.82) is 5.26 Å². The quantitative estimate of drug-likeness (QED) is 0.537. The molecule has 1 unspecified atom stereocenters.